The number of nitrogens with one attached hydrogen (secondary N) is 1. The smallest absolute Gasteiger partial charge is 0.236 e. The molecule has 4 nitrogen and oxygen atoms in total. The molecule has 0 bridgehead atoms. The fraction of sp³-hybridized carbons (Fsp3) is 0.588. The normalized spacial score (nSPS) is 16.3. The van der Waals surface area contributed by atoms with E-state index < -0.39 is 0 Å². The van der Waals surface area contributed by atoms with Crippen molar-refractivity contribution < 1.29 is 9.53 Å². The predicted octanol–water partition coefficient (Wildman–Crippen LogP) is 2.75. The Hall–Kier alpha value is -1.55. The molecule has 21 heavy (non-hydrogen) atoms. The molecule has 1 fully saturated rings. The van der Waals surface area contributed by atoms with Crippen LogP contribution < -0.4 is 10.1 Å². The molecular weight excluding hydrogens is 264 g/mol. The minimum Gasteiger partial charge on any atom is -0.491 e. The summed E-state index contributed by atoms with van der Waals surface area (Å²) in [6, 6.07) is 8.22. The van der Waals surface area contributed by atoms with Crippen LogP contribution in [0.2, 0.25) is 0 Å². The van der Waals surface area contributed by atoms with E-state index in [1.807, 2.05) is 30.9 Å². The molecule has 2 rings (SSSR count). The van der Waals surface area contributed by atoms with E-state index in [0.717, 1.165) is 31.7 Å². The molecule has 0 aliphatic carbocycles. The van der Waals surface area contributed by atoms with Crippen LogP contribution in [0.15, 0.2) is 24.3 Å². The molecule has 0 aromatic heterocycles. The SMILES string of the molecule is CC(C)Oc1ccc([C@H](C)NCC(=O)N2CCCC2)cc1. The fourth-order valence-electron chi connectivity index (χ4n) is 2.54. The van der Waals surface area contributed by atoms with E-state index in [9.17, 15) is 4.79 Å². The van der Waals surface area contributed by atoms with E-state index in [-0.39, 0.29) is 18.1 Å². The third-order valence-corrected chi connectivity index (χ3v) is 3.77. The molecule has 0 spiro atoms. The summed E-state index contributed by atoms with van der Waals surface area (Å²) in [5, 5.41) is 3.30. The van der Waals surface area contributed by atoms with Gasteiger partial charge >= 0.3 is 0 Å². The Balaban J connectivity index is 1.82. The van der Waals surface area contributed by atoms with Gasteiger partial charge in [-0.3, -0.25) is 4.79 Å². The van der Waals surface area contributed by atoms with Gasteiger partial charge in [0.1, 0.15) is 5.75 Å². The van der Waals surface area contributed by atoms with Crippen LogP contribution in [0.4, 0.5) is 0 Å². The Bertz CT molecular complexity index is 450. The van der Waals surface area contributed by atoms with Crippen molar-refractivity contribution in [2.24, 2.45) is 0 Å². The summed E-state index contributed by atoms with van der Waals surface area (Å²) in [5.41, 5.74) is 1.17. The Morgan fingerprint density at radius 1 is 1.19 bits per heavy atom. The quantitative estimate of drug-likeness (QED) is 0.876. The number of rotatable bonds is 6. The first-order valence-electron chi connectivity index (χ1n) is 7.84. The standard InChI is InChI=1S/C17H26N2O2/c1-13(2)21-16-8-6-15(7-9-16)14(3)18-12-17(20)19-10-4-5-11-19/h6-9,13-14,18H,4-5,10-12H2,1-3H3/t14-/m0/s1. The summed E-state index contributed by atoms with van der Waals surface area (Å²) in [7, 11) is 0. The van der Waals surface area contributed by atoms with Crippen LogP contribution in [0.3, 0.4) is 0 Å². The summed E-state index contributed by atoms with van der Waals surface area (Å²) in [6.07, 6.45) is 2.46. The second-order valence-electron chi connectivity index (χ2n) is 5.93. The first kappa shape index (κ1) is 15.8. The molecule has 4 heteroatoms. The summed E-state index contributed by atoms with van der Waals surface area (Å²) in [6.45, 7) is 8.34. The molecule has 1 saturated heterocycles. The predicted molar refractivity (Wildman–Crippen MR) is 84.4 cm³/mol. The Morgan fingerprint density at radius 2 is 1.81 bits per heavy atom. The van der Waals surface area contributed by atoms with Gasteiger partial charge in [0.15, 0.2) is 0 Å². The zero-order valence-corrected chi connectivity index (χ0v) is 13.3. The van der Waals surface area contributed by atoms with Gasteiger partial charge in [0.05, 0.1) is 12.6 Å². The molecule has 1 aliphatic rings. The van der Waals surface area contributed by atoms with Gasteiger partial charge in [-0.05, 0) is 51.3 Å². The molecule has 1 heterocycles. The highest BCUT2D eigenvalue weighted by atomic mass is 16.5. The van der Waals surface area contributed by atoms with E-state index in [1.54, 1.807) is 0 Å². The Kier molecular flexibility index (Phi) is 5.62. The monoisotopic (exact) mass is 290 g/mol. The molecule has 1 atom stereocenters. The number of hydrogen-bond acceptors (Lipinski definition) is 3. The number of carbonyl (C=O) groups excluding carboxylic acids is 1. The van der Waals surface area contributed by atoms with Crippen molar-refractivity contribution in [2.45, 2.75) is 45.8 Å². The molecule has 1 amide bonds. The van der Waals surface area contributed by atoms with Gasteiger partial charge in [0, 0.05) is 19.1 Å². The van der Waals surface area contributed by atoms with Crippen molar-refractivity contribution in [3.05, 3.63) is 29.8 Å². The third kappa shape index (κ3) is 4.74. The van der Waals surface area contributed by atoms with Crippen molar-refractivity contribution in [3.8, 4) is 5.75 Å². The topological polar surface area (TPSA) is 41.6 Å². The fourth-order valence-corrected chi connectivity index (χ4v) is 2.54. The van der Waals surface area contributed by atoms with Gasteiger partial charge in [0.25, 0.3) is 0 Å². The Morgan fingerprint density at radius 3 is 2.38 bits per heavy atom. The highest BCUT2D eigenvalue weighted by Crippen LogP contribution is 2.18. The largest absolute Gasteiger partial charge is 0.491 e. The lowest BCUT2D eigenvalue weighted by Crippen LogP contribution is -2.37. The number of carbonyl (C=O) groups is 1. The lowest BCUT2D eigenvalue weighted by Gasteiger charge is -2.19. The second-order valence-corrected chi connectivity index (χ2v) is 5.93. The lowest BCUT2D eigenvalue weighted by molar-refractivity contribution is -0.129. The van der Waals surface area contributed by atoms with Crippen LogP contribution in [0.1, 0.15) is 45.2 Å². The maximum absolute atomic E-state index is 12.0. The van der Waals surface area contributed by atoms with Crippen LogP contribution in [0.25, 0.3) is 0 Å². The van der Waals surface area contributed by atoms with Crippen LogP contribution >= 0.6 is 0 Å². The third-order valence-electron chi connectivity index (χ3n) is 3.77. The van der Waals surface area contributed by atoms with Crippen molar-refractivity contribution >= 4 is 5.91 Å². The van der Waals surface area contributed by atoms with Crippen molar-refractivity contribution in [3.63, 3.8) is 0 Å². The van der Waals surface area contributed by atoms with Gasteiger partial charge in [-0.1, -0.05) is 12.1 Å². The van der Waals surface area contributed by atoms with E-state index in [4.69, 9.17) is 4.74 Å². The minimum absolute atomic E-state index is 0.157. The molecule has 1 aromatic carbocycles. The van der Waals surface area contributed by atoms with Gasteiger partial charge in [-0.2, -0.15) is 0 Å². The molecule has 1 aliphatic heterocycles. The second kappa shape index (κ2) is 7.46. The highest BCUT2D eigenvalue weighted by molar-refractivity contribution is 5.78. The summed E-state index contributed by atoms with van der Waals surface area (Å²) >= 11 is 0. The zero-order chi connectivity index (χ0) is 15.2. The number of nitrogens with zero attached hydrogens (tertiary/aromatic N) is 1. The van der Waals surface area contributed by atoms with Crippen LogP contribution in [-0.2, 0) is 4.79 Å². The zero-order valence-electron chi connectivity index (χ0n) is 13.3. The summed E-state index contributed by atoms with van der Waals surface area (Å²) < 4.78 is 5.63. The van der Waals surface area contributed by atoms with E-state index in [1.165, 1.54) is 5.56 Å². The first-order valence-corrected chi connectivity index (χ1v) is 7.84. The van der Waals surface area contributed by atoms with E-state index in [0.29, 0.717) is 6.54 Å². The molecule has 116 valence electrons. The van der Waals surface area contributed by atoms with Gasteiger partial charge in [-0.25, -0.2) is 0 Å². The molecule has 0 saturated carbocycles. The number of ether oxygens (including phenoxy) is 1. The van der Waals surface area contributed by atoms with E-state index in [2.05, 4.69) is 24.4 Å². The summed E-state index contributed by atoms with van der Waals surface area (Å²) in [4.78, 5) is 13.9. The highest BCUT2D eigenvalue weighted by Gasteiger charge is 2.18. The lowest BCUT2D eigenvalue weighted by atomic mass is 10.1. The van der Waals surface area contributed by atoms with Crippen molar-refractivity contribution in [1.82, 2.24) is 10.2 Å². The molecule has 0 radical (unpaired) electrons. The van der Waals surface area contributed by atoms with Gasteiger partial charge in [0.2, 0.25) is 5.91 Å². The van der Waals surface area contributed by atoms with Crippen LogP contribution in [-0.4, -0.2) is 36.5 Å². The van der Waals surface area contributed by atoms with Gasteiger partial charge in [-0.15, -0.1) is 0 Å². The molecule has 1 aromatic rings. The number of likely N-dealkylation sites (tertiary alicyclic amines) is 1. The van der Waals surface area contributed by atoms with Crippen molar-refractivity contribution in [2.75, 3.05) is 19.6 Å². The Labute approximate surface area is 127 Å². The van der Waals surface area contributed by atoms with Crippen LogP contribution in [0.5, 0.6) is 5.75 Å². The average molecular weight is 290 g/mol. The van der Waals surface area contributed by atoms with Crippen LogP contribution in [0, 0.1) is 0 Å². The molecule has 1 N–H and O–H groups in total. The van der Waals surface area contributed by atoms with E-state index >= 15 is 0 Å². The maximum atomic E-state index is 12.0. The number of amides is 1. The number of benzene rings is 1. The van der Waals surface area contributed by atoms with Crippen molar-refractivity contribution in [1.29, 1.82) is 0 Å². The van der Waals surface area contributed by atoms with Gasteiger partial charge < -0.3 is 15.0 Å². The minimum atomic E-state index is 0.157. The molecular formula is C17H26N2O2. The first-order chi connectivity index (χ1) is 10.1. The molecule has 0 unspecified atom stereocenters. The summed E-state index contributed by atoms with van der Waals surface area (Å²) in [5.74, 6) is 1.09. The average Bonchev–Trinajstić information content (AvgIpc) is 2.99. The number of hydrogen-bond donors (Lipinski definition) is 1. The maximum Gasteiger partial charge on any atom is 0.236 e.